The van der Waals surface area contributed by atoms with E-state index in [2.05, 4.69) is 121 Å². The van der Waals surface area contributed by atoms with Gasteiger partial charge < -0.3 is 4.74 Å². The molecule has 0 saturated heterocycles. The molecule has 0 spiro atoms. The Labute approximate surface area is 222 Å². The lowest BCUT2D eigenvalue weighted by molar-refractivity contribution is 0.399. The van der Waals surface area contributed by atoms with Crippen LogP contribution < -0.4 is 15.2 Å². The van der Waals surface area contributed by atoms with Crippen LogP contribution in [0.25, 0.3) is 17.4 Å². The van der Waals surface area contributed by atoms with E-state index >= 15 is 0 Å². The van der Waals surface area contributed by atoms with Crippen LogP contribution in [0.15, 0.2) is 93.6 Å². The fraction of sp³-hybridized carbons (Fsp3) is 0.194. The smallest absolute Gasteiger partial charge is 0.206 e. The Kier molecular flexibility index (Phi) is 6.34. The summed E-state index contributed by atoms with van der Waals surface area (Å²) in [7, 11) is 0. The number of ether oxygens (including phenoxy) is 1. The van der Waals surface area contributed by atoms with Crippen molar-refractivity contribution in [2.45, 2.75) is 25.7 Å². The molecule has 4 heteroatoms. The summed E-state index contributed by atoms with van der Waals surface area (Å²) in [6.07, 6.45) is 13.4. The van der Waals surface area contributed by atoms with Gasteiger partial charge in [0.2, 0.25) is 5.36 Å². The summed E-state index contributed by atoms with van der Waals surface area (Å²) < 4.78 is 11.1. The van der Waals surface area contributed by atoms with Gasteiger partial charge in [-0.15, -0.1) is 0 Å². The number of rotatable bonds is 3. The summed E-state index contributed by atoms with van der Waals surface area (Å²) in [6.45, 7) is 2.41. The fourth-order valence-corrected chi connectivity index (χ4v) is 5.80. The highest BCUT2D eigenvalue weighted by Gasteiger charge is 2.23. The number of hydrogen-bond acceptors (Lipinski definition) is 1. The van der Waals surface area contributed by atoms with Crippen molar-refractivity contribution in [2.24, 2.45) is 0 Å². The standard InChI is InChI=1S/C31H26Br2NO/c32-27-10-6-22(7-11-27)26-19-29(35-30(20-26)23-8-12-28(33)13-9-23)14-5-21-17-24-3-1-15-34-16-2-4-25(18-21)31(24)34/h5-14,17-20H,1-4,15-16H2/q+1. The molecule has 0 aliphatic carbocycles. The topological polar surface area (TPSA) is 12.2 Å². The SMILES string of the molecule is Brc1ccc(C2=CC(=CC=c3cc4c5c(c3)CCC[N+]=5CCC4)OC(c3ccc(Br)cc3)=C2)cc1. The molecular formula is C31H26Br2NO+. The number of hydrogen-bond donors (Lipinski definition) is 0. The second-order valence-electron chi connectivity index (χ2n) is 9.34. The Bertz CT molecular complexity index is 1470. The molecule has 0 N–H and O–H groups in total. The van der Waals surface area contributed by atoms with E-state index in [1.54, 1.807) is 0 Å². The summed E-state index contributed by atoms with van der Waals surface area (Å²) in [4.78, 5) is 0. The average Bonchev–Trinajstić information content (AvgIpc) is 2.88. The van der Waals surface area contributed by atoms with E-state index in [0.29, 0.717) is 0 Å². The molecule has 0 radical (unpaired) electrons. The van der Waals surface area contributed by atoms with E-state index in [1.807, 2.05) is 0 Å². The van der Waals surface area contributed by atoms with Crippen LogP contribution in [0.4, 0.5) is 0 Å². The molecule has 3 aliphatic heterocycles. The minimum atomic E-state index is 0.844. The zero-order valence-corrected chi connectivity index (χ0v) is 22.6. The minimum absolute atomic E-state index is 0.844. The summed E-state index contributed by atoms with van der Waals surface area (Å²) in [5, 5.41) is 2.77. The minimum Gasteiger partial charge on any atom is -0.457 e. The van der Waals surface area contributed by atoms with Crippen LogP contribution in [0, 0.1) is 0 Å². The summed E-state index contributed by atoms with van der Waals surface area (Å²) in [5.41, 5.74) is 6.36. The predicted octanol–water partition coefficient (Wildman–Crippen LogP) is 6.41. The van der Waals surface area contributed by atoms with Crippen molar-refractivity contribution >= 4 is 49.3 Å². The lowest BCUT2D eigenvalue weighted by Crippen LogP contribution is -2.44. The van der Waals surface area contributed by atoms with Crippen molar-refractivity contribution in [1.82, 2.24) is 4.58 Å². The maximum atomic E-state index is 6.39. The molecule has 35 heavy (non-hydrogen) atoms. The molecule has 0 atom stereocenters. The lowest BCUT2D eigenvalue weighted by Gasteiger charge is -2.19. The van der Waals surface area contributed by atoms with Gasteiger partial charge in [-0.1, -0.05) is 62.2 Å². The molecule has 3 aliphatic rings. The Morgan fingerprint density at radius 2 is 1.31 bits per heavy atom. The van der Waals surface area contributed by atoms with Crippen LogP contribution in [0.1, 0.15) is 35.1 Å². The summed E-state index contributed by atoms with van der Waals surface area (Å²) in [6, 6.07) is 21.5. The van der Waals surface area contributed by atoms with Gasteiger partial charge in [-0.3, -0.25) is 0 Å². The molecule has 174 valence electrons. The number of allylic oxidation sites excluding steroid dienone is 4. The van der Waals surface area contributed by atoms with Gasteiger partial charge in [-0.2, -0.15) is 0 Å². The fourth-order valence-electron chi connectivity index (χ4n) is 5.27. The van der Waals surface area contributed by atoms with E-state index in [9.17, 15) is 0 Å². The van der Waals surface area contributed by atoms with Gasteiger partial charge in [0.25, 0.3) is 0 Å². The monoisotopic (exact) mass is 586 g/mol. The maximum Gasteiger partial charge on any atom is 0.206 e. The molecule has 0 aromatic heterocycles. The van der Waals surface area contributed by atoms with Crippen LogP contribution >= 0.6 is 31.9 Å². The average molecular weight is 588 g/mol. The highest BCUT2D eigenvalue weighted by atomic mass is 79.9. The lowest BCUT2D eigenvalue weighted by atomic mass is 9.95. The van der Waals surface area contributed by atoms with Crippen LogP contribution in [0.5, 0.6) is 0 Å². The first-order chi connectivity index (χ1) is 17.1. The number of aryl methyl sites for hydroxylation is 2. The summed E-state index contributed by atoms with van der Waals surface area (Å²) in [5.74, 6) is 1.70. The Morgan fingerprint density at radius 3 is 1.94 bits per heavy atom. The Morgan fingerprint density at radius 1 is 0.714 bits per heavy atom. The zero-order valence-electron chi connectivity index (χ0n) is 19.4. The predicted molar refractivity (Wildman–Crippen MR) is 151 cm³/mol. The van der Waals surface area contributed by atoms with E-state index < -0.39 is 0 Å². The van der Waals surface area contributed by atoms with Crippen molar-refractivity contribution in [3.63, 3.8) is 0 Å². The third kappa shape index (κ3) is 4.87. The van der Waals surface area contributed by atoms with Crippen LogP contribution in [0.2, 0.25) is 0 Å². The molecule has 0 fully saturated rings. The Hall–Kier alpha value is -2.69. The van der Waals surface area contributed by atoms with Gasteiger partial charge in [-0.05, 0) is 83.8 Å². The second-order valence-corrected chi connectivity index (χ2v) is 11.2. The van der Waals surface area contributed by atoms with Crippen molar-refractivity contribution in [3.05, 3.63) is 126 Å². The van der Waals surface area contributed by atoms with Gasteiger partial charge in [-0.25, -0.2) is 4.58 Å². The third-order valence-corrected chi connectivity index (χ3v) is 7.97. The largest absolute Gasteiger partial charge is 0.457 e. The molecule has 0 unspecified atom stereocenters. The van der Waals surface area contributed by atoms with Crippen LogP contribution in [0.3, 0.4) is 0 Å². The van der Waals surface area contributed by atoms with E-state index in [4.69, 9.17) is 4.74 Å². The molecule has 2 nitrogen and oxygen atoms in total. The van der Waals surface area contributed by atoms with E-state index in [-0.39, 0.29) is 0 Å². The van der Waals surface area contributed by atoms with E-state index in [1.165, 1.54) is 60.5 Å². The number of benzene rings is 3. The highest BCUT2D eigenvalue weighted by Crippen LogP contribution is 2.32. The Balaban J connectivity index is 1.42. The number of halogens is 2. The first kappa shape index (κ1) is 22.8. The van der Waals surface area contributed by atoms with Crippen LogP contribution in [-0.2, 0) is 17.6 Å². The molecule has 0 bridgehead atoms. The van der Waals surface area contributed by atoms with Gasteiger partial charge in [0.1, 0.15) is 24.6 Å². The van der Waals surface area contributed by atoms with Gasteiger partial charge >= 0.3 is 0 Å². The molecule has 6 rings (SSSR count). The quantitative estimate of drug-likeness (QED) is 0.322. The molecule has 0 saturated carbocycles. The molecule has 3 aromatic carbocycles. The van der Waals surface area contributed by atoms with Crippen molar-refractivity contribution < 1.29 is 4.74 Å². The normalized spacial score (nSPS) is 17.9. The molecule has 3 heterocycles. The third-order valence-electron chi connectivity index (χ3n) is 6.91. The van der Waals surface area contributed by atoms with Gasteiger partial charge in [0, 0.05) is 38.5 Å². The van der Waals surface area contributed by atoms with Gasteiger partial charge in [0.05, 0.1) is 0 Å². The van der Waals surface area contributed by atoms with Gasteiger partial charge in [0.15, 0.2) is 0 Å². The first-order valence-electron chi connectivity index (χ1n) is 12.2. The van der Waals surface area contributed by atoms with Crippen molar-refractivity contribution in [3.8, 4) is 0 Å². The molecular weight excluding hydrogens is 562 g/mol. The van der Waals surface area contributed by atoms with Crippen molar-refractivity contribution in [1.29, 1.82) is 0 Å². The number of nitrogens with zero attached hydrogens (tertiary/aromatic N) is 1. The summed E-state index contributed by atoms with van der Waals surface area (Å²) >= 11 is 7.09. The van der Waals surface area contributed by atoms with Crippen LogP contribution in [-0.4, -0.2) is 13.1 Å². The van der Waals surface area contributed by atoms with Crippen molar-refractivity contribution in [2.75, 3.05) is 13.1 Å². The van der Waals surface area contributed by atoms with E-state index in [0.717, 1.165) is 37.2 Å². The first-order valence-corrected chi connectivity index (χ1v) is 13.8. The second kappa shape index (κ2) is 9.75. The molecule has 3 aromatic rings. The molecule has 0 amide bonds. The maximum absolute atomic E-state index is 6.39. The highest BCUT2D eigenvalue weighted by molar-refractivity contribution is 9.10. The zero-order chi connectivity index (χ0) is 23.8.